The topological polar surface area (TPSA) is 96.2 Å². The van der Waals surface area contributed by atoms with E-state index in [0.717, 1.165) is 42.6 Å². The summed E-state index contributed by atoms with van der Waals surface area (Å²) < 4.78 is 7.38. The molecule has 0 saturated heterocycles. The highest BCUT2D eigenvalue weighted by molar-refractivity contribution is 6.02. The summed E-state index contributed by atoms with van der Waals surface area (Å²) in [6.45, 7) is 6.81. The lowest BCUT2D eigenvalue weighted by atomic mass is 9.95. The van der Waals surface area contributed by atoms with E-state index in [1.807, 2.05) is 26.0 Å². The van der Waals surface area contributed by atoms with Crippen molar-refractivity contribution < 1.29 is 14.3 Å². The lowest BCUT2D eigenvalue weighted by molar-refractivity contribution is -0.122. The monoisotopic (exact) mass is 414 g/mol. The molecule has 1 fully saturated rings. The molecule has 0 aromatic carbocycles. The fourth-order valence-corrected chi connectivity index (χ4v) is 4.18. The van der Waals surface area contributed by atoms with Crippen molar-refractivity contribution in [1.29, 1.82) is 5.26 Å². The molecule has 1 aromatic heterocycles. The Labute approximate surface area is 179 Å². The minimum absolute atomic E-state index is 0.0299. The summed E-state index contributed by atoms with van der Waals surface area (Å²) in [7, 11) is 1.67. The minimum atomic E-state index is -0.460. The third-order valence-corrected chi connectivity index (χ3v) is 5.64. The summed E-state index contributed by atoms with van der Waals surface area (Å²) in [6, 6.07) is 4.35. The Bertz CT molecular complexity index is 813. The zero-order valence-electron chi connectivity index (χ0n) is 18.6. The van der Waals surface area contributed by atoms with Gasteiger partial charge in [-0.2, -0.15) is 5.26 Å². The van der Waals surface area contributed by atoms with Gasteiger partial charge in [-0.3, -0.25) is 9.59 Å². The molecule has 0 spiro atoms. The number of hydrogen-bond donors (Lipinski definition) is 2. The number of nitrogens with zero attached hydrogens (tertiary/aromatic N) is 2. The largest absolute Gasteiger partial charge is 0.383 e. The van der Waals surface area contributed by atoms with E-state index in [0.29, 0.717) is 6.61 Å². The lowest BCUT2D eigenvalue weighted by Crippen LogP contribution is -2.38. The van der Waals surface area contributed by atoms with Gasteiger partial charge in [-0.1, -0.05) is 19.3 Å². The van der Waals surface area contributed by atoms with Crippen molar-refractivity contribution >= 4 is 17.9 Å². The number of rotatable bonds is 9. The Morgan fingerprint density at radius 2 is 2.03 bits per heavy atom. The molecule has 1 aliphatic rings. The predicted octanol–water partition coefficient (Wildman–Crippen LogP) is 3.17. The smallest absolute Gasteiger partial charge is 0.261 e. The number of nitriles is 1. The van der Waals surface area contributed by atoms with E-state index in [4.69, 9.17) is 4.74 Å². The van der Waals surface area contributed by atoms with Gasteiger partial charge in [-0.15, -0.1) is 0 Å². The fourth-order valence-electron chi connectivity index (χ4n) is 4.18. The quantitative estimate of drug-likeness (QED) is 0.479. The third kappa shape index (κ3) is 6.46. The highest BCUT2D eigenvalue weighted by atomic mass is 16.5. The van der Waals surface area contributed by atoms with Gasteiger partial charge in [-0.25, -0.2) is 0 Å². The van der Waals surface area contributed by atoms with Gasteiger partial charge in [0.15, 0.2) is 0 Å². The van der Waals surface area contributed by atoms with Crippen LogP contribution in [0, 0.1) is 25.2 Å². The van der Waals surface area contributed by atoms with Gasteiger partial charge in [0.2, 0.25) is 5.91 Å². The van der Waals surface area contributed by atoms with Gasteiger partial charge in [0.05, 0.1) is 12.6 Å². The van der Waals surface area contributed by atoms with Gasteiger partial charge < -0.3 is 19.9 Å². The van der Waals surface area contributed by atoms with Crippen LogP contribution >= 0.6 is 0 Å². The molecule has 1 aromatic rings. The number of carbonyl (C=O) groups is 2. The Morgan fingerprint density at radius 3 is 2.67 bits per heavy atom. The standard InChI is InChI=1S/C23H34N4O3/c1-16-12-19(18(3)27(16)17(2)15-30-4)13-20(14-24)23(29)25-11-10-22(28)26-21-8-6-5-7-9-21/h12-13,17,21H,5-11,15H2,1-4H3,(H,25,29)(H,26,28)/b20-13-. The van der Waals surface area contributed by atoms with Crippen LogP contribution in [-0.4, -0.2) is 42.7 Å². The van der Waals surface area contributed by atoms with E-state index >= 15 is 0 Å². The molecule has 2 N–H and O–H groups in total. The molecule has 7 nitrogen and oxygen atoms in total. The van der Waals surface area contributed by atoms with Gasteiger partial charge in [0, 0.05) is 37.5 Å². The molecule has 2 amide bonds. The summed E-state index contributed by atoms with van der Waals surface area (Å²) >= 11 is 0. The summed E-state index contributed by atoms with van der Waals surface area (Å²) in [5.74, 6) is -0.516. The van der Waals surface area contributed by atoms with E-state index in [9.17, 15) is 14.9 Å². The van der Waals surface area contributed by atoms with Crippen LogP contribution in [0.3, 0.4) is 0 Å². The van der Waals surface area contributed by atoms with Crippen LogP contribution < -0.4 is 10.6 Å². The van der Waals surface area contributed by atoms with Gasteiger partial charge >= 0.3 is 0 Å². The van der Waals surface area contributed by atoms with Crippen molar-refractivity contribution in [3.63, 3.8) is 0 Å². The summed E-state index contributed by atoms with van der Waals surface area (Å²) in [6.07, 6.45) is 7.42. The highest BCUT2D eigenvalue weighted by Crippen LogP contribution is 2.23. The zero-order chi connectivity index (χ0) is 22.1. The van der Waals surface area contributed by atoms with E-state index in [-0.39, 0.29) is 36.5 Å². The maximum atomic E-state index is 12.4. The summed E-state index contributed by atoms with van der Waals surface area (Å²) in [4.78, 5) is 24.5. The molecule has 0 aliphatic heterocycles. The van der Waals surface area contributed by atoms with Gasteiger partial charge in [0.1, 0.15) is 11.6 Å². The summed E-state index contributed by atoms with van der Waals surface area (Å²) in [5, 5.41) is 15.2. The van der Waals surface area contributed by atoms with Crippen LogP contribution in [0.4, 0.5) is 0 Å². The normalized spacial score (nSPS) is 16.0. The van der Waals surface area contributed by atoms with Crippen molar-refractivity contribution in [3.8, 4) is 6.07 Å². The molecular formula is C23H34N4O3. The second kappa shape index (κ2) is 11.6. The maximum absolute atomic E-state index is 12.4. The molecule has 0 radical (unpaired) electrons. The highest BCUT2D eigenvalue weighted by Gasteiger charge is 2.17. The van der Waals surface area contributed by atoms with Crippen molar-refractivity contribution in [2.75, 3.05) is 20.3 Å². The van der Waals surface area contributed by atoms with E-state index in [1.165, 1.54) is 6.42 Å². The van der Waals surface area contributed by atoms with E-state index in [1.54, 1.807) is 13.2 Å². The first kappa shape index (κ1) is 23.7. The van der Waals surface area contributed by atoms with Crippen LogP contribution in [0.25, 0.3) is 6.08 Å². The number of methoxy groups -OCH3 is 1. The fraction of sp³-hybridized carbons (Fsp3) is 0.609. The first-order valence-corrected chi connectivity index (χ1v) is 10.7. The number of aryl methyl sites for hydroxylation is 1. The molecule has 0 bridgehead atoms. The Morgan fingerprint density at radius 1 is 1.33 bits per heavy atom. The number of carbonyl (C=O) groups excluding carboxylic acids is 2. The van der Waals surface area contributed by atoms with Crippen LogP contribution in [0.2, 0.25) is 0 Å². The number of nitrogens with one attached hydrogen (secondary N) is 2. The molecule has 1 saturated carbocycles. The first-order chi connectivity index (χ1) is 14.4. The molecule has 1 atom stereocenters. The summed E-state index contributed by atoms with van der Waals surface area (Å²) in [5.41, 5.74) is 2.88. The zero-order valence-corrected chi connectivity index (χ0v) is 18.6. The Hall–Kier alpha value is -2.59. The van der Waals surface area contributed by atoms with Crippen molar-refractivity contribution in [3.05, 3.63) is 28.6 Å². The third-order valence-electron chi connectivity index (χ3n) is 5.64. The number of hydrogen-bond acceptors (Lipinski definition) is 4. The molecule has 164 valence electrons. The van der Waals surface area contributed by atoms with Gasteiger partial charge in [-0.05, 0) is 51.3 Å². The molecule has 2 rings (SSSR count). The van der Waals surface area contributed by atoms with Crippen molar-refractivity contribution in [2.45, 2.75) is 71.4 Å². The minimum Gasteiger partial charge on any atom is -0.383 e. The second-order valence-corrected chi connectivity index (χ2v) is 8.08. The second-order valence-electron chi connectivity index (χ2n) is 8.08. The van der Waals surface area contributed by atoms with E-state index in [2.05, 4.69) is 22.1 Å². The lowest BCUT2D eigenvalue weighted by Gasteiger charge is -2.22. The number of aromatic nitrogens is 1. The van der Waals surface area contributed by atoms with Crippen LogP contribution in [-0.2, 0) is 14.3 Å². The molecule has 7 heteroatoms. The van der Waals surface area contributed by atoms with Crippen LogP contribution in [0.15, 0.2) is 11.6 Å². The van der Waals surface area contributed by atoms with E-state index < -0.39 is 5.91 Å². The Kier molecular flexibility index (Phi) is 9.13. The Balaban J connectivity index is 1.94. The van der Waals surface area contributed by atoms with Gasteiger partial charge in [0.25, 0.3) is 5.91 Å². The average Bonchev–Trinajstić information content (AvgIpc) is 2.99. The molecule has 30 heavy (non-hydrogen) atoms. The molecular weight excluding hydrogens is 380 g/mol. The number of amides is 2. The average molecular weight is 415 g/mol. The molecule has 1 heterocycles. The van der Waals surface area contributed by atoms with Crippen molar-refractivity contribution in [2.24, 2.45) is 0 Å². The molecule has 1 unspecified atom stereocenters. The molecule has 1 aliphatic carbocycles. The maximum Gasteiger partial charge on any atom is 0.261 e. The van der Waals surface area contributed by atoms with Crippen LogP contribution in [0.1, 0.15) is 68.4 Å². The SMILES string of the molecule is COCC(C)n1c(C)cc(/C=C(/C#N)C(=O)NCCC(=O)NC2CCCCC2)c1C. The predicted molar refractivity (Wildman–Crippen MR) is 117 cm³/mol. The number of ether oxygens (including phenoxy) is 1. The first-order valence-electron chi connectivity index (χ1n) is 10.7. The van der Waals surface area contributed by atoms with Crippen LogP contribution in [0.5, 0.6) is 0 Å². The van der Waals surface area contributed by atoms with Crippen molar-refractivity contribution in [1.82, 2.24) is 15.2 Å².